The Hall–Kier alpha value is -5.94. The van der Waals surface area contributed by atoms with Gasteiger partial charge in [0.15, 0.2) is 17.4 Å². The van der Waals surface area contributed by atoms with Crippen LogP contribution in [0.4, 0.5) is 16.0 Å². The summed E-state index contributed by atoms with van der Waals surface area (Å²) in [5, 5.41) is 3.72. The molecule has 1 heterocycles. The number of hydrogen-bond acceptors (Lipinski definition) is 7. The normalized spacial score (nSPS) is 11.7. The number of imidazole rings is 1. The Balaban J connectivity index is 1.57. The first-order valence-electron chi connectivity index (χ1n) is 17.5. The molecule has 3 N–H and O–H groups in total. The van der Waals surface area contributed by atoms with Gasteiger partial charge in [-0.15, -0.1) is 0 Å². The van der Waals surface area contributed by atoms with Crippen LogP contribution in [0.5, 0.6) is 11.5 Å². The molecule has 0 aliphatic heterocycles. The predicted molar refractivity (Wildman–Crippen MR) is 213 cm³/mol. The first kappa shape index (κ1) is 37.8. The van der Waals surface area contributed by atoms with E-state index in [1.807, 2.05) is 92.4 Å². The van der Waals surface area contributed by atoms with Crippen LogP contribution in [0.15, 0.2) is 137 Å². The number of aromatic amines is 1. The summed E-state index contributed by atoms with van der Waals surface area (Å²) in [6.45, 7) is 7.23. The van der Waals surface area contributed by atoms with E-state index in [1.165, 1.54) is 6.92 Å². The van der Waals surface area contributed by atoms with Crippen LogP contribution in [0, 0.1) is 5.82 Å². The van der Waals surface area contributed by atoms with Crippen LogP contribution in [0.2, 0.25) is 0 Å². The van der Waals surface area contributed by atoms with E-state index in [0.717, 1.165) is 22.4 Å². The Morgan fingerprint density at radius 3 is 1.96 bits per heavy atom. The van der Waals surface area contributed by atoms with Crippen LogP contribution in [0.3, 0.4) is 0 Å². The molecule has 0 fully saturated rings. The first-order valence-corrected chi connectivity index (χ1v) is 18.3. The number of aromatic nitrogens is 2. The Morgan fingerprint density at radius 2 is 1.46 bits per heavy atom. The number of amidine groups is 1. The molecule has 0 saturated carbocycles. The fourth-order valence-electron chi connectivity index (χ4n) is 6.48. The standard InChI is InChI=1S/C43H41BrFN5O4/c1-5-52-36-25-31(38(45)37(26-36)53-28(2)3)27-50(35-23-21-30(22-24-35)41(46)49-54-29(4)51)42-47-39(40(44)48-42)43(32-15-9-6-10-16-32,33-17-11-7-12-18-33)34-19-13-8-14-20-34/h6-26,28H,5,27H2,1-4H3,(H2,46,49)(H,47,48). The smallest absolute Gasteiger partial charge is 0.332 e. The van der Waals surface area contributed by atoms with E-state index in [9.17, 15) is 4.79 Å². The molecule has 6 rings (SSSR count). The monoisotopic (exact) mass is 789 g/mol. The van der Waals surface area contributed by atoms with Crippen molar-refractivity contribution < 1.29 is 23.5 Å². The van der Waals surface area contributed by atoms with Crippen LogP contribution >= 0.6 is 15.9 Å². The fraction of sp³-hybridized carbons (Fsp3) is 0.186. The molecule has 0 atom stereocenters. The van der Waals surface area contributed by atoms with Gasteiger partial charge in [-0.25, -0.2) is 14.2 Å². The number of carbonyl (C=O) groups is 1. The highest BCUT2D eigenvalue weighted by Gasteiger charge is 2.42. The van der Waals surface area contributed by atoms with E-state index in [2.05, 4.69) is 62.5 Å². The van der Waals surface area contributed by atoms with Gasteiger partial charge in [0.1, 0.15) is 10.4 Å². The van der Waals surface area contributed by atoms with Gasteiger partial charge in [0.2, 0.25) is 5.95 Å². The lowest BCUT2D eigenvalue weighted by atomic mass is 9.67. The Labute approximate surface area is 322 Å². The molecule has 11 heteroatoms. The average Bonchev–Trinajstić information content (AvgIpc) is 3.57. The second kappa shape index (κ2) is 16.8. The highest BCUT2D eigenvalue weighted by atomic mass is 79.9. The van der Waals surface area contributed by atoms with E-state index < -0.39 is 17.2 Å². The summed E-state index contributed by atoms with van der Waals surface area (Å²) in [5.74, 6) is -0.0686. The van der Waals surface area contributed by atoms with Crippen molar-refractivity contribution >= 4 is 39.4 Å². The number of ether oxygens (including phenoxy) is 2. The average molecular weight is 791 g/mol. The number of carbonyl (C=O) groups excluding carboxylic acids is 1. The number of anilines is 2. The molecule has 0 saturated heterocycles. The highest BCUT2D eigenvalue weighted by molar-refractivity contribution is 9.10. The lowest BCUT2D eigenvalue weighted by Crippen LogP contribution is -2.32. The van der Waals surface area contributed by atoms with E-state index in [1.54, 1.807) is 24.3 Å². The topological polar surface area (TPSA) is 115 Å². The molecule has 54 heavy (non-hydrogen) atoms. The molecule has 1 aromatic heterocycles. The number of nitrogens with zero attached hydrogens (tertiary/aromatic N) is 3. The minimum absolute atomic E-state index is 0.0237. The van der Waals surface area contributed by atoms with Crippen LogP contribution in [0.25, 0.3) is 0 Å². The zero-order valence-electron chi connectivity index (χ0n) is 30.4. The van der Waals surface area contributed by atoms with Crippen molar-refractivity contribution in [3.8, 4) is 11.5 Å². The zero-order valence-corrected chi connectivity index (χ0v) is 32.0. The SMILES string of the molecule is CCOc1cc(CN(c2ccc(C(N)=NOC(C)=O)cc2)c2nc(Br)c(C(c3ccccc3)(c3ccccc3)c3ccccc3)[nH]2)c(F)c(OC(C)C)c1. The number of oxime groups is 1. The third-order valence-corrected chi connectivity index (χ3v) is 9.31. The van der Waals surface area contributed by atoms with Crippen LogP contribution < -0.4 is 20.1 Å². The van der Waals surface area contributed by atoms with Gasteiger partial charge >= 0.3 is 5.97 Å². The maximum absolute atomic E-state index is 16.4. The number of hydrogen-bond donors (Lipinski definition) is 2. The molecule has 0 aliphatic rings. The quantitative estimate of drug-likeness (QED) is 0.0372. The lowest BCUT2D eigenvalue weighted by Gasteiger charge is -2.35. The van der Waals surface area contributed by atoms with E-state index in [-0.39, 0.29) is 24.2 Å². The molecule has 0 radical (unpaired) electrons. The van der Waals surface area contributed by atoms with Crippen molar-refractivity contribution in [1.82, 2.24) is 9.97 Å². The molecule has 276 valence electrons. The molecule has 0 bridgehead atoms. The number of halogens is 2. The summed E-state index contributed by atoms with van der Waals surface area (Å²) in [4.78, 5) is 26.7. The van der Waals surface area contributed by atoms with Crippen molar-refractivity contribution in [3.05, 3.63) is 171 Å². The van der Waals surface area contributed by atoms with Gasteiger partial charge in [-0.1, -0.05) is 96.2 Å². The van der Waals surface area contributed by atoms with Crippen molar-refractivity contribution in [2.45, 2.75) is 45.8 Å². The first-order chi connectivity index (χ1) is 26.1. The summed E-state index contributed by atoms with van der Waals surface area (Å²) >= 11 is 3.86. The zero-order chi connectivity index (χ0) is 38.2. The molecule has 0 aliphatic carbocycles. The number of benzene rings is 5. The molecule has 0 amide bonds. The predicted octanol–water partition coefficient (Wildman–Crippen LogP) is 9.40. The summed E-state index contributed by atoms with van der Waals surface area (Å²) < 4.78 is 28.7. The van der Waals surface area contributed by atoms with Crippen LogP contribution in [0.1, 0.15) is 61.2 Å². The minimum atomic E-state index is -0.844. The summed E-state index contributed by atoms with van der Waals surface area (Å²) in [6.07, 6.45) is -0.266. The fourth-order valence-corrected chi connectivity index (χ4v) is 7.05. The molecule has 6 aromatic rings. The lowest BCUT2D eigenvalue weighted by molar-refractivity contribution is -0.140. The Morgan fingerprint density at radius 1 is 0.907 bits per heavy atom. The van der Waals surface area contributed by atoms with Gasteiger partial charge in [0.05, 0.1) is 30.4 Å². The number of H-pyrrole nitrogens is 1. The van der Waals surface area contributed by atoms with E-state index in [4.69, 9.17) is 25.0 Å². The summed E-state index contributed by atoms with van der Waals surface area (Å²) in [5.41, 5.74) is 10.6. The maximum atomic E-state index is 16.4. The minimum Gasteiger partial charge on any atom is -0.494 e. The van der Waals surface area contributed by atoms with Crippen LogP contribution in [-0.2, 0) is 21.6 Å². The molecule has 0 spiro atoms. The Kier molecular flexibility index (Phi) is 11.8. The largest absolute Gasteiger partial charge is 0.494 e. The van der Waals surface area contributed by atoms with Gasteiger partial charge in [0.25, 0.3) is 0 Å². The van der Waals surface area contributed by atoms with Crippen molar-refractivity contribution in [3.63, 3.8) is 0 Å². The number of rotatable bonds is 14. The third-order valence-electron chi connectivity index (χ3n) is 8.74. The van der Waals surface area contributed by atoms with Gasteiger partial charge in [-0.2, -0.15) is 0 Å². The van der Waals surface area contributed by atoms with E-state index >= 15 is 4.39 Å². The van der Waals surface area contributed by atoms with Gasteiger partial charge in [0, 0.05) is 29.8 Å². The second-order valence-corrected chi connectivity index (χ2v) is 13.5. The van der Waals surface area contributed by atoms with Crippen molar-refractivity contribution in [1.29, 1.82) is 0 Å². The molecule has 0 unspecified atom stereocenters. The number of nitrogens with two attached hydrogens (primary N) is 1. The van der Waals surface area contributed by atoms with Gasteiger partial charge in [-0.3, -0.25) is 0 Å². The van der Waals surface area contributed by atoms with Gasteiger partial charge < -0.3 is 29.9 Å². The second-order valence-electron chi connectivity index (χ2n) is 12.8. The van der Waals surface area contributed by atoms with Crippen molar-refractivity contribution in [2.75, 3.05) is 11.5 Å². The highest BCUT2D eigenvalue weighted by Crippen LogP contribution is 2.47. The molecular formula is C43H41BrFN5O4. The molecular weight excluding hydrogens is 749 g/mol. The van der Waals surface area contributed by atoms with Gasteiger partial charge in [-0.05, 0) is 83.7 Å². The summed E-state index contributed by atoms with van der Waals surface area (Å²) in [6, 6.07) is 41.1. The molecule has 5 aromatic carbocycles. The van der Waals surface area contributed by atoms with E-state index in [0.29, 0.717) is 39.7 Å². The molecule has 9 nitrogen and oxygen atoms in total. The number of nitrogens with one attached hydrogen (secondary N) is 1. The van der Waals surface area contributed by atoms with Crippen LogP contribution in [-0.4, -0.2) is 34.5 Å². The summed E-state index contributed by atoms with van der Waals surface area (Å²) in [7, 11) is 0. The Bertz CT molecular complexity index is 2120. The maximum Gasteiger partial charge on any atom is 0.332 e. The third kappa shape index (κ3) is 8.01. The van der Waals surface area contributed by atoms with Crippen molar-refractivity contribution in [2.24, 2.45) is 10.9 Å².